The quantitative estimate of drug-likeness (QED) is 0.247. The largest absolute Gasteiger partial charge is 0.396 e. The molecule has 3 nitrogen and oxygen atoms in total. The summed E-state index contributed by atoms with van der Waals surface area (Å²) in [6.45, 7) is 8.61. The van der Waals surface area contributed by atoms with Crippen molar-refractivity contribution in [3.05, 3.63) is 0 Å². The fraction of sp³-hybridized carbons (Fsp3) is 1.00. The van der Waals surface area contributed by atoms with Crippen molar-refractivity contribution in [2.75, 3.05) is 47.0 Å². The number of rotatable bonds is 19. The summed E-state index contributed by atoms with van der Waals surface area (Å²) in [6.07, 6.45) is 16.5. The molecule has 0 saturated carbocycles. The van der Waals surface area contributed by atoms with E-state index in [1.165, 1.54) is 83.7 Å². The molecule has 0 aliphatic heterocycles. The monoisotopic (exact) mass is 358 g/mol. The van der Waals surface area contributed by atoms with Crippen LogP contribution >= 0.6 is 0 Å². The summed E-state index contributed by atoms with van der Waals surface area (Å²) in [5.41, 5.74) is 0. The fourth-order valence-electron chi connectivity index (χ4n) is 3.22. The highest BCUT2D eigenvalue weighted by Gasteiger charge is 2.13. The van der Waals surface area contributed by atoms with Crippen LogP contribution < -0.4 is 0 Å². The Hall–Kier alpha value is -0.120. The average Bonchev–Trinajstić information content (AvgIpc) is 2.59. The van der Waals surface area contributed by atoms with Crippen molar-refractivity contribution in [2.45, 2.75) is 90.9 Å². The lowest BCUT2D eigenvalue weighted by Gasteiger charge is -2.30. The van der Waals surface area contributed by atoms with E-state index in [0.29, 0.717) is 6.61 Å². The Balaban J connectivity index is 3.37. The maximum Gasteiger partial charge on any atom is 0.0783 e. The van der Waals surface area contributed by atoms with Crippen LogP contribution in [0.1, 0.15) is 90.9 Å². The SMILES string of the molecule is CCCCCCCCCCCC[N+](C)(C)CCCCOCC(C)CO. The van der Waals surface area contributed by atoms with Crippen LogP contribution in [0.25, 0.3) is 0 Å². The minimum atomic E-state index is 0.225. The summed E-state index contributed by atoms with van der Waals surface area (Å²) >= 11 is 0. The van der Waals surface area contributed by atoms with E-state index in [1.54, 1.807) is 0 Å². The Kier molecular flexibility index (Phi) is 17.2. The number of aliphatic hydroxyl groups is 1. The van der Waals surface area contributed by atoms with Gasteiger partial charge in [0.25, 0.3) is 0 Å². The lowest BCUT2D eigenvalue weighted by Crippen LogP contribution is -2.41. The number of ether oxygens (including phenoxy) is 1. The van der Waals surface area contributed by atoms with Gasteiger partial charge in [0.2, 0.25) is 0 Å². The first-order valence-electron chi connectivity index (χ1n) is 11.0. The number of unbranched alkanes of at least 4 members (excludes halogenated alkanes) is 10. The van der Waals surface area contributed by atoms with Crippen LogP contribution in [0.2, 0.25) is 0 Å². The van der Waals surface area contributed by atoms with Gasteiger partial charge in [-0.3, -0.25) is 0 Å². The molecule has 0 aliphatic rings. The topological polar surface area (TPSA) is 29.5 Å². The molecule has 0 heterocycles. The minimum absolute atomic E-state index is 0.225. The zero-order valence-corrected chi connectivity index (χ0v) is 17.9. The van der Waals surface area contributed by atoms with E-state index in [9.17, 15) is 0 Å². The molecule has 25 heavy (non-hydrogen) atoms. The van der Waals surface area contributed by atoms with Gasteiger partial charge in [0, 0.05) is 19.1 Å². The third-order valence-corrected chi connectivity index (χ3v) is 5.13. The first-order valence-corrected chi connectivity index (χ1v) is 11.0. The van der Waals surface area contributed by atoms with Gasteiger partial charge in [-0.1, -0.05) is 65.2 Å². The van der Waals surface area contributed by atoms with Gasteiger partial charge in [0.15, 0.2) is 0 Å². The molecule has 1 N–H and O–H groups in total. The molecule has 0 rings (SSSR count). The zero-order chi connectivity index (χ0) is 18.8. The number of hydrogen-bond acceptors (Lipinski definition) is 2. The second kappa shape index (κ2) is 17.3. The summed E-state index contributed by atoms with van der Waals surface area (Å²) < 4.78 is 6.74. The molecule has 3 heteroatoms. The molecule has 0 spiro atoms. The van der Waals surface area contributed by atoms with Crippen molar-refractivity contribution in [3.8, 4) is 0 Å². The van der Waals surface area contributed by atoms with Gasteiger partial charge in [-0.25, -0.2) is 0 Å². The van der Waals surface area contributed by atoms with E-state index in [1.807, 2.05) is 6.92 Å². The number of aliphatic hydroxyl groups excluding tert-OH is 1. The van der Waals surface area contributed by atoms with Crippen LogP contribution in [0.5, 0.6) is 0 Å². The molecule has 0 aromatic heterocycles. The van der Waals surface area contributed by atoms with Gasteiger partial charge in [0.05, 0.1) is 33.8 Å². The van der Waals surface area contributed by atoms with Crippen molar-refractivity contribution in [1.82, 2.24) is 0 Å². The van der Waals surface area contributed by atoms with E-state index in [2.05, 4.69) is 21.0 Å². The molecule has 0 saturated heterocycles. The maximum atomic E-state index is 8.96. The Morgan fingerprint density at radius 2 is 1.24 bits per heavy atom. The van der Waals surface area contributed by atoms with E-state index >= 15 is 0 Å². The minimum Gasteiger partial charge on any atom is -0.396 e. The fourth-order valence-corrected chi connectivity index (χ4v) is 3.22. The van der Waals surface area contributed by atoms with Crippen molar-refractivity contribution in [2.24, 2.45) is 5.92 Å². The van der Waals surface area contributed by atoms with Crippen molar-refractivity contribution in [1.29, 1.82) is 0 Å². The van der Waals surface area contributed by atoms with Crippen LogP contribution in [0.15, 0.2) is 0 Å². The van der Waals surface area contributed by atoms with E-state index in [4.69, 9.17) is 9.84 Å². The summed E-state index contributed by atoms with van der Waals surface area (Å²) in [6, 6.07) is 0. The Morgan fingerprint density at radius 1 is 0.760 bits per heavy atom. The van der Waals surface area contributed by atoms with E-state index < -0.39 is 0 Å². The van der Waals surface area contributed by atoms with Gasteiger partial charge >= 0.3 is 0 Å². The lowest BCUT2D eigenvalue weighted by atomic mass is 10.1. The lowest BCUT2D eigenvalue weighted by molar-refractivity contribution is -0.890. The Labute approximate surface area is 158 Å². The standard InChI is InChI=1S/C22H48NO2/c1-5-6-7-8-9-10-11-12-13-14-17-23(3,4)18-15-16-19-25-21-22(2)20-24/h22,24H,5-21H2,1-4H3/q+1. The third-order valence-electron chi connectivity index (χ3n) is 5.13. The second-order valence-electron chi connectivity index (χ2n) is 8.63. The summed E-state index contributed by atoms with van der Waals surface area (Å²) in [7, 11) is 4.73. The molecule has 0 aromatic rings. The average molecular weight is 359 g/mol. The molecule has 152 valence electrons. The summed E-state index contributed by atoms with van der Waals surface area (Å²) in [4.78, 5) is 0. The van der Waals surface area contributed by atoms with Crippen LogP contribution in [-0.2, 0) is 4.74 Å². The maximum absolute atomic E-state index is 8.96. The summed E-state index contributed by atoms with van der Waals surface area (Å²) in [5, 5.41) is 8.96. The van der Waals surface area contributed by atoms with Crippen molar-refractivity contribution < 1.29 is 14.3 Å². The van der Waals surface area contributed by atoms with Crippen LogP contribution in [0.4, 0.5) is 0 Å². The first kappa shape index (κ1) is 24.9. The van der Waals surface area contributed by atoms with Crippen LogP contribution in [-0.4, -0.2) is 56.6 Å². The molecule has 0 aromatic carbocycles. The molecule has 1 unspecified atom stereocenters. The van der Waals surface area contributed by atoms with Crippen molar-refractivity contribution >= 4 is 0 Å². The molecule has 0 aliphatic carbocycles. The molecule has 1 atom stereocenters. The van der Waals surface area contributed by atoms with Crippen molar-refractivity contribution in [3.63, 3.8) is 0 Å². The molecule has 0 amide bonds. The number of hydrogen-bond donors (Lipinski definition) is 1. The second-order valence-corrected chi connectivity index (χ2v) is 8.63. The normalized spacial score (nSPS) is 13.3. The smallest absolute Gasteiger partial charge is 0.0783 e. The summed E-state index contributed by atoms with van der Waals surface area (Å²) in [5.74, 6) is 0.267. The highest BCUT2D eigenvalue weighted by atomic mass is 16.5. The Morgan fingerprint density at radius 3 is 1.76 bits per heavy atom. The Bertz CT molecular complexity index is 269. The highest BCUT2D eigenvalue weighted by Crippen LogP contribution is 2.12. The van der Waals surface area contributed by atoms with Gasteiger partial charge in [-0.2, -0.15) is 0 Å². The molecule has 0 radical (unpaired) electrons. The molecular weight excluding hydrogens is 310 g/mol. The van der Waals surface area contributed by atoms with E-state index in [-0.39, 0.29) is 12.5 Å². The van der Waals surface area contributed by atoms with Crippen LogP contribution in [0, 0.1) is 5.92 Å². The van der Waals surface area contributed by atoms with Gasteiger partial charge < -0.3 is 14.3 Å². The molecule has 0 bridgehead atoms. The number of nitrogens with zero attached hydrogens (tertiary/aromatic N) is 1. The molecule has 0 fully saturated rings. The third kappa shape index (κ3) is 18.5. The molecular formula is C22H48NO2+. The highest BCUT2D eigenvalue weighted by molar-refractivity contribution is 4.49. The zero-order valence-electron chi connectivity index (χ0n) is 17.9. The number of quaternary nitrogens is 1. The predicted octanol–water partition coefficient (Wildman–Crippen LogP) is 5.41. The van der Waals surface area contributed by atoms with Gasteiger partial charge in [-0.15, -0.1) is 0 Å². The first-order chi connectivity index (χ1) is 12.0. The van der Waals surface area contributed by atoms with Crippen LogP contribution in [0.3, 0.4) is 0 Å². The van der Waals surface area contributed by atoms with Gasteiger partial charge in [0.1, 0.15) is 0 Å². The van der Waals surface area contributed by atoms with E-state index in [0.717, 1.165) is 17.5 Å². The predicted molar refractivity (Wildman–Crippen MR) is 110 cm³/mol. The van der Waals surface area contributed by atoms with Gasteiger partial charge in [-0.05, 0) is 25.7 Å².